The van der Waals surface area contributed by atoms with Crippen molar-refractivity contribution >= 4 is 43.5 Å². The zero-order chi connectivity index (χ0) is 21.5. The summed E-state index contributed by atoms with van der Waals surface area (Å²) >= 11 is 1.05. The number of allylic oxidation sites excluding steroid dienone is 2. The minimum absolute atomic E-state index is 0.209. The molecule has 0 aliphatic heterocycles. The van der Waals surface area contributed by atoms with E-state index in [4.69, 9.17) is 0 Å². The molecule has 0 spiro atoms. The van der Waals surface area contributed by atoms with Gasteiger partial charge in [-0.25, -0.2) is 0 Å². The Morgan fingerprint density at radius 2 is 1.30 bits per heavy atom. The fourth-order valence-corrected chi connectivity index (χ4v) is 5.10. The molecule has 0 radical (unpaired) electrons. The standard InChI is InChI=1S/C22H13F6NS/c1-29-10-14(12-6-2-4-8-16(12)29)18-19(21(25,26)22(27,28)20(18,23)24)15-11-30-17-9-5-3-7-13(15)17/h2-11H,1H3. The fourth-order valence-electron chi connectivity index (χ4n) is 4.15. The van der Waals surface area contributed by atoms with E-state index in [0.717, 1.165) is 11.3 Å². The van der Waals surface area contributed by atoms with Crippen LogP contribution in [0.3, 0.4) is 0 Å². The lowest BCUT2D eigenvalue weighted by molar-refractivity contribution is -0.254. The van der Waals surface area contributed by atoms with Crippen molar-refractivity contribution in [3.05, 3.63) is 71.2 Å². The number of halogens is 6. The Labute approximate surface area is 170 Å². The van der Waals surface area contributed by atoms with Gasteiger partial charge in [0.15, 0.2) is 0 Å². The van der Waals surface area contributed by atoms with Crippen molar-refractivity contribution in [2.24, 2.45) is 7.05 Å². The van der Waals surface area contributed by atoms with Gasteiger partial charge in [-0.2, -0.15) is 26.3 Å². The zero-order valence-electron chi connectivity index (χ0n) is 15.4. The number of hydrogen-bond donors (Lipinski definition) is 0. The Morgan fingerprint density at radius 3 is 2.00 bits per heavy atom. The molecule has 0 saturated carbocycles. The molecule has 4 aromatic rings. The maximum atomic E-state index is 15.1. The molecular formula is C22H13F6NS. The van der Waals surface area contributed by atoms with Crippen LogP contribution in [-0.2, 0) is 7.05 Å². The highest BCUT2D eigenvalue weighted by atomic mass is 32.1. The summed E-state index contributed by atoms with van der Waals surface area (Å²) in [6, 6.07) is 12.6. The average molecular weight is 437 g/mol. The molecule has 1 aliphatic rings. The van der Waals surface area contributed by atoms with E-state index < -0.39 is 28.9 Å². The molecule has 2 heterocycles. The molecule has 5 rings (SSSR count). The summed E-state index contributed by atoms with van der Waals surface area (Å²) in [7, 11) is 1.55. The number of benzene rings is 2. The van der Waals surface area contributed by atoms with E-state index in [2.05, 4.69) is 0 Å². The third kappa shape index (κ3) is 2.20. The molecular weight excluding hydrogens is 424 g/mol. The highest BCUT2D eigenvalue weighted by Crippen LogP contribution is 2.65. The summed E-state index contributed by atoms with van der Waals surface area (Å²) in [5.74, 6) is -15.7. The molecule has 0 N–H and O–H groups in total. The highest BCUT2D eigenvalue weighted by Gasteiger charge is 2.80. The molecule has 0 saturated heterocycles. The number of nitrogens with zero attached hydrogens (tertiary/aromatic N) is 1. The number of aryl methyl sites for hydroxylation is 1. The highest BCUT2D eigenvalue weighted by molar-refractivity contribution is 7.17. The van der Waals surface area contributed by atoms with Crippen LogP contribution in [0.25, 0.3) is 32.1 Å². The third-order valence-electron chi connectivity index (χ3n) is 5.58. The third-order valence-corrected chi connectivity index (χ3v) is 6.55. The predicted molar refractivity (Wildman–Crippen MR) is 106 cm³/mol. The van der Waals surface area contributed by atoms with E-state index in [1.165, 1.54) is 28.3 Å². The fraction of sp³-hybridized carbons (Fsp3) is 0.182. The number of hydrogen-bond acceptors (Lipinski definition) is 1. The number of thiophene rings is 1. The van der Waals surface area contributed by atoms with Crippen LogP contribution in [0.15, 0.2) is 60.1 Å². The van der Waals surface area contributed by atoms with Crippen LogP contribution >= 0.6 is 11.3 Å². The average Bonchev–Trinajstić information content (AvgIpc) is 3.29. The summed E-state index contributed by atoms with van der Waals surface area (Å²) in [6.07, 6.45) is 1.21. The number of aromatic nitrogens is 1. The largest absolute Gasteiger partial charge is 0.380 e. The molecule has 0 atom stereocenters. The van der Waals surface area contributed by atoms with Crippen LogP contribution in [0.2, 0.25) is 0 Å². The Kier molecular flexibility index (Phi) is 3.79. The van der Waals surface area contributed by atoms with Gasteiger partial charge < -0.3 is 4.57 Å². The van der Waals surface area contributed by atoms with E-state index in [1.54, 1.807) is 43.4 Å². The van der Waals surface area contributed by atoms with E-state index in [0.29, 0.717) is 10.2 Å². The second kappa shape index (κ2) is 5.91. The number of fused-ring (bicyclic) bond motifs is 2. The Bertz CT molecular complexity index is 1340. The molecule has 30 heavy (non-hydrogen) atoms. The lowest BCUT2D eigenvalue weighted by atomic mass is 9.94. The van der Waals surface area contributed by atoms with Crippen LogP contribution in [0.4, 0.5) is 26.3 Å². The maximum absolute atomic E-state index is 15.1. The van der Waals surface area contributed by atoms with Crippen molar-refractivity contribution < 1.29 is 26.3 Å². The quantitative estimate of drug-likeness (QED) is 0.292. The van der Waals surface area contributed by atoms with Gasteiger partial charge in [-0.15, -0.1) is 11.3 Å². The van der Waals surface area contributed by atoms with Crippen LogP contribution in [0.1, 0.15) is 11.1 Å². The van der Waals surface area contributed by atoms with E-state index in [-0.39, 0.29) is 21.9 Å². The van der Waals surface area contributed by atoms with Crippen molar-refractivity contribution in [1.29, 1.82) is 0 Å². The van der Waals surface area contributed by atoms with Crippen LogP contribution in [0.5, 0.6) is 0 Å². The van der Waals surface area contributed by atoms with Crippen LogP contribution in [-0.4, -0.2) is 22.3 Å². The number of alkyl halides is 6. The molecule has 1 aliphatic carbocycles. The van der Waals surface area contributed by atoms with E-state index in [9.17, 15) is 8.78 Å². The van der Waals surface area contributed by atoms with Gasteiger partial charge >= 0.3 is 17.8 Å². The monoisotopic (exact) mass is 437 g/mol. The van der Waals surface area contributed by atoms with Gasteiger partial charge in [-0.05, 0) is 17.5 Å². The van der Waals surface area contributed by atoms with Crippen molar-refractivity contribution in [3.63, 3.8) is 0 Å². The van der Waals surface area contributed by atoms with Gasteiger partial charge in [0.2, 0.25) is 0 Å². The SMILES string of the molecule is Cn1cc(C2=C(c3csc4ccccc34)C(F)(F)C(F)(F)C2(F)F)c2ccccc21. The summed E-state index contributed by atoms with van der Waals surface area (Å²) in [5, 5.41) is 1.69. The first-order chi connectivity index (χ1) is 14.1. The lowest BCUT2D eigenvalue weighted by Crippen LogP contribution is -2.48. The minimum atomic E-state index is -5.56. The molecule has 154 valence electrons. The molecule has 8 heteroatoms. The first-order valence-electron chi connectivity index (χ1n) is 8.98. The van der Waals surface area contributed by atoms with Gasteiger partial charge in [-0.3, -0.25) is 0 Å². The first-order valence-corrected chi connectivity index (χ1v) is 9.86. The van der Waals surface area contributed by atoms with Crippen LogP contribution < -0.4 is 0 Å². The molecule has 0 unspecified atom stereocenters. The smallest absolute Gasteiger partial charge is 0.350 e. The van der Waals surface area contributed by atoms with Crippen molar-refractivity contribution in [3.8, 4) is 0 Å². The molecule has 0 amide bonds. The topological polar surface area (TPSA) is 4.93 Å². The van der Waals surface area contributed by atoms with Gasteiger partial charge in [0.25, 0.3) is 0 Å². The van der Waals surface area contributed by atoms with E-state index in [1.807, 2.05) is 0 Å². The summed E-state index contributed by atoms with van der Waals surface area (Å²) in [4.78, 5) is 0. The van der Waals surface area contributed by atoms with Crippen LogP contribution in [0, 0.1) is 0 Å². The van der Waals surface area contributed by atoms with Crippen molar-refractivity contribution in [2.45, 2.75) is 17.8 Å². The van der Waals surface area contributed by atoms with Gasteiger partial charge in [-0.1, -0.05) is 36.4 Å². The minimum Gasteiger partial charge on any atom is -0.350 e. The normalized spacial score (nSPS) is 19.8. The molecule has 2 aromatic carbocycles. The van der Waals surface area contributed by atoms with Gasteiger partial charge in [0.1, 0.15) is 0 Å². The molecule has 0 fully saturated rings. The van der Waals surface area contributed by atoms with Gasteiger partial charge in [0, 0.05) is 56.5 Å². The zero-order valence-corrected chi connectivity index (χ0v) is 16.2. The summed E-state index contributed by atoms with van der Waals surface area (Å²) in [5.41, 5.74) is -2.77. The second-order valence-electron chi connectivity index (χ2n) is 7.29. The van der Waals surface area contributed by atoms with E-state index >= 15 is 17.6 Å². The van der Waals surface area contributed by atoms with Crippen molar-refractivity contribution in [2.75, 3.05) is 0 Å². The lowest BCUT2D eigenvalue weighted by Gasteiger charge is -2.25. The first kappa shape index (κ1) is 19.2. The maximum Gasteiger partial charge on any atom is 0.380 e. The Morgan fingerprint density at radius 1 is 0.733 bits per heavy atom. The molecule has 2 aromatic heterocycles. The second-order valence-corrected chi connectivity index (χ2v) is 8.20. The number of para-hydroxylation sites is 1. The summed E-state index contributed by atoms with van der Waals surface area (Å²) in [6.45, 7) is 0. The predicted octanol–water partition coefficient (Wildman–Crippen LogP) is 7.22. The Hall–Kier alpha value is -2.74. The van der Waals surface area contributed by atoms with Crippen molar-refractivity contribution in [1.82, 2.24) is 4.57 Å². The number of rotatable bonds is 2. The molecule has 0 bridgehead atoms. The summed E-state index contributed by atoms with van der Waals surface area (Å²) < 4.78 is 91.3. The molecule has 1 nitrogen and oxygen atoms in total. The Balaban J connectivity index is 1.95. The van der Waals surface area contributed by atoms with Gasteiger partial charge in [0.05, 0.1) is 0 Å².